The molecule has 4 heterocycles. The number of para-hydroxylation sites is 1. The van der Waals surface area contributed by atoms with Crippen LogP contribution in [0.25, 0.3) is 22.3 Å². The van der Waals surface area contributed by atoms with Gasteiger partial charge < -0.3 is 14.9 Å². The van der Waals surface area contributed by atoms with E-state index >= 15 is 0 Å². The molecule has 7 heteroatoms. The van der Waals surface area contributed by atoms with Crippen LogP contribution >= 0.6 is 0 Å². The highest BCUT2D eigenvalue weighted by Gasteiger charge is 2.46. The lowest BCUT2D eigenvalue weighted by atomic mass is 9.86. The van der Waals surface area contributed by atoms with Crippen LogP contribution in [0.2, 0.25) is 0 Å². The molecule has 5 rings (SSSR count). The lowest BCUT2D eigenvalue weighted by Crippen LogP contribution is -2.44. The maximum absolute atomic E-state index is 13.2. The van der Waals surface area contributed by atoms with Crippen LogP contribution in [-0.4, -0.2) is 25.7 Å². The number of carbonyl (C=O) groups excluding carboxylic acids is 1. The zero-order valence-electron chi connectivity index (χ0n) is 15.4. The van der Waals surface area contributed by atoms with Crippen LogP contribution in [0.15, 0.2) is 35.1 Å². The van der Waals surface area contributed by atoms with E-state index in [0.717, 1.165) is 16.5 Å². The van der Waals surface area contributed by atoms with Crippen molar-refractivity contribution in [3.05, 3.63) is 62.9 Å². The number of hydrogen-bond acceptors (Lipinski definition) is 6. The molecule has 28 heavy (non-hydrogen) atoms. The Bertz CT molecular complexity index is 1250. The molecular weight excluding hydrogens is 360 g/mol. The molecule has 2 aliphatic rings. The first-order valence-corrected chi connectivity index (χ1v) is 9.14. The third-order valence-electron chi connectivity index (χ3n) is 5.93. The summed E-state index contributed by atoms with van der Waals surface area (Å²) in [5, 5.41) is 22.7. The smallest absolute Gasteiger partial charge is 0.343 e. The highest BCUT2D eigenvalue weighted by atomic mass is 16.6. The maximum Gasteiger partial charge on any atom is 0.343 e. The van der Waals surface area contributed by atoms with Crippen molar-refractivity contribution < 1.29 is 19.7 Å². The minimum absolute atomic E-state index is 0.0707. The van der Waals surface area contributed by atoms with Crippen molar-refractivity contribution >= 4 is 16.9 Å². The summed E-state index contributed by atoms with van der Waals surface area (Å²) < 4.78 is 6.31. The van der Waals surface area contributed by atoms with Gasteiger partial charge in [0, 0.05) is 16.5 Å². The molecule has 0 amide bonds. The second kappa shape index (κ2) is 5.50. The molecule has 0 fully saturated rings. The number of cyclic esters (lactones) is 1. The molecule has 2 aliphatic heterocycles. The van der Waals surface area contributed by atoms with E-state index in [1.54, 1.807) is 13.0 Å². The molecule has 0 spiro atoms. The van der Waals surface area contributed by atoms with Gasteiger partial charge >= 0.3 is 5.97 Å². The summed E-state index contributed by atoms with van der Waals surface area (Å²) in [6, 6.07) is 9.15. The lowest BCUT2D eigenvalue weighted by molar-refractivity contribution is -0.172. The van der Waals surface area contributed by atoms with Crippen LogP contribution in [0.5, 0.6) is 0 Å². The fourth-order valence-electron chi connectivity index (χ4n) is 4.33. The normalized spacial score (nSPS) is 22.6. The SMILES string of the molecule is CC[C@@]1(O)C(=O)OCc2c1cc1n(c2=O)C(O)c2c-1nc1ccccc1c2C. The summed E-state index contributed by atoms with van der Waals surface area (Å²) in [6.07, 6.45) is -1.12. The first kappa shape index (κ1) is 17.1. The summed E-state index contributed by atoms with van der Waals surface area (Å²) in [6.45, 7) is 3.31. The van der Waals surface area contributed by atoms with Gasteiger partial charge in [0.1, 0.15) is 6.61 Å². The number of esters is 1. The average Bonchev–Trinajstić information content (AvgIpc) is 2.98. The molecular formula is C21H18N2O5. The van der Waals surface area contributed by atoms with Gasteiger partial charge in [0.15, 0.2) is 11.8 Å². The molecule has 2 N–H and O–H groups in total. The third-order valence-corrected chi connectivity index (χ3v) is 5.93. The number of fused-ring (bicyclic) bond motifs is 5. The Hall–Kier alpha value is -3.03. The van der Waals surface area contributed by atoms with Gasteiger partial charge in [-0.3, -0.25) is 9.36 Å². The Morgan fingerprint density at radius 1 is 1.32 bits per heavy atom. The van der Waals surface area contributed by atoms with Gasteiger partial charge in [-0.05, 0) is 31.0 Å². The topological polar surface area (TPSA) is 102 Å². The van der Waals surface area contributed by atoms with E-state index in [4.69, 9.17) is 4.74 Å². The minimum Gasteiger partial charge on any atom is -0.458 e. The second-order valence-corrected chi connectivity index (χ2v) is 7.28. The molecule has 0 radical (unpaired) electrons. The van der Waals surface area contributed by atoms with Crippen LogP contribution in [0.3, 0.4) is 0 Å². The monoisotopic (exact) mass is 378 g/mol. The highest BCUT2D eigenvalue weighted by molar-refractivity contribution is 5.89. The van der Waals surface area contributed by atoms with Crippen molar-refractivity contribution in [3.8, 4) is 11.4 Å². The molecule has 0 bridgehead atoms. The maximum atomic E-state index is 13.2. The number of carbonyl (C=O) groups is 1. The van der Waals surface area contributed by atoms with Gasteiger partial charge in [-0.1, -0.05) is 25.1 Å². The largest absolute Gasteiger partial charge is 0.458 e. The number of ether oxygens (including phenoxy) is 1. The van der Waals surface area contributed by atoms with Crippen molar-refractivity contribution in [2.45, 2.75) is 38.7 Å². The average molecular weight is 378 g/mol. The van der Waals surface area contributed by atoms with Crippen molar-refractivity contribution in [2.75, 3.05) is 0 Å². The fraction of sp³-hybridized carbons (Fsp3) is 0.286. The Labute approximate surface area is 159 Å². The van der Waals surface area contributed by atoms with Crippen LogP contribution < -0.4 is 5.56 Å². The van der Waals surface area contributed by atoms with E-state index < -0.39 is 23.4 Å². The molecule has 2 aromatic heterocycles. The first-order chi connectivity index (χ1) is 13.4. The zero-order chi connectivity index (χ0) is 19.8. The molecule has 3 aromatic rings. The predicted molar refractivity (Wildman–Crippen MR) is 101 cm³/mol. The molecule has 0 saturated heterocycles. The van der Waals surface area contributed by atoms with Crippen LogP contribution in [0, 0.1) is 6.92 Å². The Morgan fingerprint density at radius 3 is 2.82 bits per heavy atom. The molecule has 1 aromatic carbocycles. The lowest BCUT2D eigenvalue weighted by Gasteiger charge is -2.31. The summed E-state index contributed by atoms with van der Waals surface area (Å²) in [4.78, 5) is 30.1. The van der Waals surface area contributed by atoms with E-state index in [0.29, 0.717) is 17.0 Å². The number of aryl methyl sites for hydroxylation is 1. The van der Waals surface area contributed by atoms with E-state index in [1.807, 2.05) is 31.2 Å². The van der Waals surface area contributed by atoms with Crippen molar-refractivity contribution in [2.24, 2.45) is 0 Å². The first-order valence-electron chi connectivity index (χ1n) is 9.14. The van der Waals surface area contributed by atoms with E-state index in [9.17, 15) is 19.8 Å². The summed E-state index contributed by atoms with van der Waals surface area (Å²) in [7, 11) is 0. The zero-order valence-corrected chi connectivity index (χ0v) is 15.4. The van der Waals surface area contributed by atoms with E-state index in [2.05, 4.69) is 4.98 Å². The Morgan fingerprint density at radius 2 is 2.07 bits per heavy atom. The Balaban J connectivity index is 1.88. The minimum atomic E-state index is -1.89. The number of benzene rings is 1. The highest BCUT2D eigenvalue weighted by Crippen LogP contribution is 2.43. The summed E-state index contributed by atoms with van der Waals surface area (Å²) in [5.74, 6) is -0.770. The Kier molecular flexibility index (Phi) is 3.36. The van der Waals surface area contributed by atoms with Crippen molar-refractivity contribution in [1.82, 2.24) is 9.55 Å². The molecule has 1 unspecified atom stereocenters. The molecule has 142 valence electrons. The van der Waals surface area contributed by atoms with E-state index in [-0.39, 0.29) is 24.2 Å². The van der Waals surface area contributed by atoms with Crippen LogP contribution in [-0.2, 0) is 21.7 Å². The number of pyridine rings is 2. The summed E-state index contributed by atoms with van der Waals surface area (Å²) >= 11 is 0. The third kappa shape index (κ3) is 1.92. The quantitative estimate of drug-likeness (QED) is 0.627. The molecule has 2 atom stereocenters. The van der Waals surface area contributed by atoms with Crippen molar-refractivity contribution in [3.63, 3.8) is 0 Å². The molecule has 7 nitrogen and oxygen atoms in total. The number of hydrogen-bond donors (Lipinski definition) is 2. The molecule has 0 aliphatic carbocycles. The van der Waals surface area contributed by atoms with Crippen molar-refractivity contribution in [1.29, 1.82) is 0 Å². The van der Waals surface area contributed by atoms with Gasteiger partial charge in [-0.15, -0.1) is 0 Å². The number of nitrogens with zero attached hydrogens (tertiary/aromatic N) is 2. The van der Waals surface area contributed by atoms with Gasteiger partial charge in [0.2, 0.25) is 0 Å². The van der Waals surface area contributed by atoms with E-state index in [1.165, 1.54) is 4.57 Å². The standard InChI is InChI=1S/C21H18N2O5/c1-3-21(27)13-8-15-17-16(10(2)11-6-4-5-7-14(11)22-17)19(25)23(15)18(24)12(13)9-28-20(21)26/h4-8,19,25,27H,3,9H2,1-2H3/t19?,21-/m0/s1. The van der Waals surface area contributed by atoms with Crippen LogP contribution in [0.4, 0.5) is 0 Å². The van der Waals surface area contributed by atoms with Gasteiger partial charge in [0.05, 0.1) is 22.5 Å². The number of rotatable bonds is 1. The van der Waals surface area contributed by atoms with Gasteiger partial charge in [0.25, 0.3) is 5.56 Å². The molecule has 0 saturated carbocycles. The fourth-order valence-corrected chi connectivity index (χ4v) is 4.33. The summed E-state index contributed by atoms with van der Waals surface area (Å²) in [5.41, 5.74) is 1.06. The van der Waals surface area contributed by atoms with Crippen LogP contribution in [0.1, 0.15) is 41.8 Å². The van der Waals surface area contributed by atoms with Gasteiger partial charge in [-0.25, -0.2) is 9.78 Å². The second-order valence-electron chi connectivity index (χ2n) is 7.28. The number of aliphatic hydroxyl groups is 2. The van der Waals surface area contributed by atoms with Gasteiger partial charge in [-0.2, -0.15) is 0 Å². The number of aliphatic hydroxyl groups excluding tert-OH is 1. The number of aromatic nitrogens is 2. The predicted octanol–water partition coefficient (Wildman–Crippen LogP) is 1.88.